The first-order chi connectivity index (χ1) is 16.3. The Bertz CT molecular complexity index is 1130. The fourth-order valence-electron chi connectivity index (χ4n) is 4.27. The lowest BCUT2D eigenvalue weighted by atomic mass is 9.96. The molecule has 2 saturated heterocycles. The molecule has 2 fully saturated rings. The summed E-state index contributed by atoms with van der Waals surface area (Å²) in [6.07, 6.45) is 3.42. The maximum Gasteiger partial charge on any atom is 0.261 e. The van der Waals surface area contributed by atoms with Gasteiger partial charge in [0.2, 0.25) is 5.91 Å². The van der Waals surface area contributed by atoms with Crippen LogP contribution in [0.3, 0.4) is 0 Å². The number of carbonyl (C=O) groups is 2. The number of likely N-dealkylation sites (tertiary alicyclic amines) is 1. The number of anilines is 1. The molecule has 2 amide bonds. The molecule has 0 radical (unpaired) electrons. The van der Waals surface area contributed by atoms with E-state index in [1.807, 2.05) is 0 Å². The second kappa shape index (κ2) is 10.5. The number of hydrogen-bond acceptors (Lipinski definition) is 5. The van der Waals surface area contributed by atoms with Crippen LogP contribution in [0.25, 0.3) is 0 Å². The molecule has 2 unspecified atom stereocenters. The second-order valence-corrected chi connectivity index (χ2v) is 10.3. The Labute approximate surface area is 198 Å². The minimum absolute atomic E-state index is 0.0618. The van der Waals surface area contributed by atoms with Gasteiger partial charge in [0.05, 0.1) is 16.9 Å². The average molecular weight is 490 g/mol. The van der Waals surface area contributed by atoms with Gasteiger partial charge in [-0.25, -0.2) is 12.8 Å². The van der Waals surface area contributed by atoms with Crippen molar-refractivity contribution in [1.82, 2.24) is 10.2 Å². The summed E-state index contributed by atoms with van der Waals surface area (Å²) in [5, 5.41) is 2.95. The Morgan fingerprint density at radius 3 is 2.62 bits per heavy atom. The van der Waals surface area contributed by atoms with E-state index in [1.54, 1.807) is 17.0 Å². The summed E-state index contributed by atoms with van der Waals surface area (Å²) in [4.78, 5) is 27.3. The van der Waals surface area contributed by atoms with Crippen molar-refractivity contribution in [3.8, 4) is 0 Å². The number of nitrogens with one attached hydrogen (secondary N) is 2. The van der Waals surface area contributed by atoms with Crippen molar-refractivity contribution in [1.29, 1.82) is 0 Å². The number of piperidine rings is 1. The van der Waals surface area contributed by atoms with E-state index in [0.717, 1.165) is 31.6 Å². The van der Waals surface area contributed by atoms with Gasteiger partial charge >= 0.3 is 0 Å². The van der Waals surface area contributed by atoms with Gasteiger partial charge in [0.25, 0.3) is 15.9 Å². The summed E-state index contributed by atoms with van der Waals surface area (Å²) in [7, 11) is -3.94. The van der Waals surface area contributed by atoms with Gasteiger partial charge < -0.3 is 15.0 Å². The van der Waals surface area contributed by atoms with Crippen LogP contribution in [0, 0.1) is 11.7 Å². The van der Waals surface area contributed by atoms with Crippen molar-refractivity contribution in [2.24, 2.45) is 5.92 Å². The van der Waals surface area contributed by atoms with Gasteiger partial charge in [-0.2, -0.15) is 0 Å². The summed E-state index contributed by atoms with van der Waals surface area (Å²) in [6, 6.07) is 10.7. The number of halogens is 1. The van der Waals surface area contributed by atoms with Crippen molar-refractivity contribution in [3.05, 3.63) is 59.9 Å². The van der Waals surface area contributed by atoms with Gasteiger partial charge in [0, 0.05) is 37.5 Å². The molecule has 2 N–H and O–H groups in total. The predicted molar refractivity (Wildman–Crippen MR) is 124 cm³/mol. The summed E-state index contributed by atoms with van der Waals surface area (Å²) < 4.78 is 46.3. The summed E-state index contributed by atoms with van der Waals surface area (Å²) >= 11 is 0. The highest BCUT2D eigenvalue weighted by Crippen LogP contribution is 2.22. The van der Waals surface area contributed by atoms with Crippen LogP contribution in [-0.4, -0.2) is 57.5 Å². The molecule has 2 aliphatic heterocycles. The molecule has 0 aromatic heterocycles. The maximum atomic E-state index is 13.1. The van der Waals surface area contributed by atoms with E-state index in [-0.39, 0.29) is 34.4 Å². The molecule has 2 aromatic carbocycles. The fourth-order valence-corrected chi connectivity index (χ4v) is 5.32. The lowest BCUT2D eigenvalue weighted by Crippen LogP contribution is -2.46. The van der Waals surface area contributed by atoms with Crippen LogP contribution in [0.1, 0.15) is 36.0 Å². The van der Waals surface area contributed by atoms with Crippen molar-refractivity contribution >= 4 is 27.5 Å². The molecular weight excluding hydrogens is 461 g/mol. The van der Waals surface area contributed by atoms with Crippen molar-refractivity contribution in [3.63, 3.8) is 0 Å². The van der Waals surface area contributed by atoms with E-state index in [4.69, 9.17) is 4.74 Å². The molecule has 34 heavy (non-hydrogen) atoms. The first-order valence-electron chi connectivity index (χ1n) is 11.4. The van der Waals surface area contributed by atoms with Crippen LogP contribution >= 0.6 is 0 Å². The lowest BCUT2D eigenvalue weighted by molar-refractivity contribution is -0.126. The van der Waals surface area contributed by atoms with Crippen LogP contribution in [-0.2, 0) is 19.6 Å². The van der Waals surface area contributed by atoms with E-state index in [1.165, 1.54) is 24.3 Å². The Kier molecular flexibility index (Phi) is 7.47. The number of ether oxygens (including phenoxy) is 1. The van der Waals surface area contributed by atoms with Gasteiger partial charge in [0.1, 0.15) is 5.82 Å². The lowest BCUT2D eigenvalue weighted by Gasteiger charge is -2.32. The Morgan fingerprint density at radius 1 is 1.09 bits per heavy atom. The number of hydrogen-bond donors (Lipinski definition) is 2. The van der Waals surface area contributed by atoms with E-state index in [2.05, 4.69) is 10.0 Å². The van der Waals surface area contributed by atoms with Crippen LogP contribution in [0.5, 0.6) is 0 Å². The fraction of sp³-hybridized carbons (Fsp3) is 0.417. The zero-order chi connectivity index (χ0) is 24.1. The summed E-state index contributed by atoms with van der Waals surface area (Å²) in [6.45, 7) is 2.05. The van der Waals surface area contributed by atoms with Crippen molar-refractivity contribution in [2.45, 2.75) is 36.7 Å². The quantitative estimate of drug-likeness (QED) is 0.622. The van der Waals surface area contributed by atoms with E-state index < -0.39 is 15.8 Å². The van der Waals surface area contributed by atoms with Crippen LogP contribution in [0.15, 0.2) is 53.4 Å². The first kappa shape index (κ1) is 24.2. The Hall–Kier alpha value is -2.98. The normalized spacial score (nSPS) is 20.7. The van der Waals surface area contributed by atoms with E-state index >= 15 is 0 Å². The highest BCUT2D eigenvalue weighted by molar-refractivity contribution is 7.92. The monoisotopic (exact) mass is 489 g/mol. The third-order valence-electron chi connectivity index (χ3n) is 6.09. The first-order valence-corrected chi connectivity index (χ1v) is 12.9. The SMILES string of the molecule is O=C(NCC1CCCO1)C1CCCN(C(=O)c2cccc(NS(=O)(=O)c3ccc(F)cc3)c2)C1. The topological polar surface area (TPSA) is 105 Å². The van der Waals surface area contributed by atoms with Gasteiger partial charge in [-0.05, 0) is 68.1 Å². The number of benzene rings is 2. The third kappa shape index (κ3) is 5.92. The highest BCUT2D eigenvalue weighted by atomic mass is 32.2. The Balaban J connectivity index is 1.39. The molecule has 4 rings (SSSR count). The minimum Gasteiger partial charge on any atom is -0.376 e. The number of carbonyl (C=O) groups excluding carboxylic acids is 2. The number of sulfonamides is 1. The molecule has 2 aliphatic rings. The zero-order valence-corrected chi connectivity index (χ0v) is 19.5. The van der Waals surface area contributed by atoms with E-state index in [0.29, 0.717) is 38.0 Å². The summed E-state index contributed by atoms with van der Waals surface area (Å²) in [5.41, 5.74) is 0.540. The standard InChI is InChI=1S/C24H28FN3O5S/c25-19-8-10-22(11-9-19)34(31,32)27-20-6-1-4-17(14-20)24(30)28-12-2-5-18(16-28)23(29)26-15-21-7-3-13-33-21/h1,4,6,8-11,14,18,21,27H,2-3,5,7,12-13,15-16H2,(H,26,29). The molecule has 2 atom stereocenters. The number of nitrogens with zero attached hydrogens (tertiary/aromatic N) is 1. The van der Waals surface area contributed by atoms with Gasteiger partial charge in [-0.3, -0.25) is 14.3 Å². The van der Waals surface area contributed by atoms with Crippen molar-refractivity contribution in [2.75, 3.05) is 31.0 Å². The third-order valence-corrected chi connectivity index (χ3v) is 7.49. The highest BCUT2D eigenvalue weighted by Gasteiger charge is 2.29. The van der Waals surface area contributed by atoms with Gasteiger partial charge in [-0.1, -0.05) is 6.07 Å². The predicted octanol–water partition coefficient (Wildman–Crippen LogP) is 2.77. The van der Waals surface area contributed by atoms with E-state index in [9.17, 15) is 22.4 Å². The number of amides is 2. The van der Waals surface area contributed by atoms with Crippen LogP contribution < -0.4 is 10.0 Å². The largest absolute Gasteiger partial charge is 0.376 e. The molecule has 0 aliphatic carbocycles. The smallest absolute Gasteiger partial charge is 0.261 e. The molecule has 0 bridgehead atoms. The van der Waals surface area contributed by atoms with Crippen LogP contribution in [0.4, 0.5) is 10.1 Å². The number of rotatable bonds is 7. The minimum atomic E-state index is -3.94. The zero-order valence-electron chi connectivity index (χ0n) is 18.7. The molecular formula is C24H28FN3O5S. The molecule has 10 heteroatoms. The van der Waals surface area contributed by atoms with Gasteiger partial charge in [0.15, 0.2) is 0 Å². The van der Waals surface area contributed by atoms with Gasteiger partial charge in [-0.15, -0.1) is 0 Å². The average Bonchev–Trinajstić information content (AvgIpc) is 3.36. The maximum absolute atomic E-state index is 13.1. The molecule has 0 saturated carbocycles. The molecule has 0 spiro atoms. The molecule has 182 valence electrons. The summed E-state index contributed by atoms with van der Waals surface area (Å²) in [5.74, 6) is -1.17. The van der Waals surface area contributed by atoms with Crippen LogP contribution in [0.2, 0.25) is 0 Å². The molecule has 8 nitrogen and oxygen atoms in total. The molecule has 2 aromatic rings. The van der Waals surface area contributed by atoms with Crippen molar-refractivity contribution < 1.29 is 27.1 Å². The molecule has 2 heterocycles. The second-order valence-electron chi connectivity index (χ2n) is 8.61. The Morgan fingerprint density at radius 2 is 1.88 bits per heavy atom.